The Hall–Kier alpha value is -1.90. The summed E-state index contributed by atoms with van der Waals surface area (Å²) in [6.07, 6.45) is -0.179. The number of aromatic nitrogens is 5. The fourth-order valence-corrected chi connectivity index (χ4v) is 2.64. The lowest BCUT2D eigenvalue weighted by Gasteiger charge is -2.22. The number of halogens is 2. The molecule has 7 nitrogen and oxygen atoms in total. The second-order valence-corrected chi connectivity index (χ2v) is 7.13. The SMILES string of the molecule is COCCn1nnc2c(N3CCC(F)(F)C3)nc(C(C)(C)C)nc21. The summed E-state index contributed by atoms with van der Waals surface area (Å²) in [7, 11) is 1.60. The molecular weight excluding hydrogens is 318 g/mol. The normalized spacial score (nSPS) is 17.8. The number of alkyl halides is 2. The molecule has 2 aromatic rings. The van der Waals surface area contributed by atoms with Gasteiger partial charge in [0.05, 0.1) is 19.7 Å². The molecule has 3 heterocycles. The highest BCUT2D eigenvalue weighted by atomic mass is 19.3. The minimum absolute atomic E-state index is 0.179. The minimum atomic E-state index is -2.70. The Morgan fingerprint density at radius 3 is 2.58 bits per heavy atom. The zero-order chi connectivity index (χ0) is 17.5. The highest BCUT2D eigenvalue weighted by Gasteiger charge is 2.40. The summed E-state index contributed by atoms with van der Waals surface area (Å²) in [6, 6.07) is 0. The van der Waals surface area contributed by atoms with Crippen molar-refractivity contribution >= 4 is 17.0 Å². The predicted molar refractivity (Wildman–Crippen MR) is 85.5 cm³/mol. The van der Waals surface area contributed by atoms with Gasteiger partial charge in [0.15, 0.2) is 17.0 Å². The summed E-state index contributed by atoms with van der Waals surface area (Å²) >= 11 is 0. The summed E-state index contributed by atoms with van der Waals surface area (Å²) < 4.78 is 34.0. The standard InChI is InChI=1S/C15H22F2N6O/c1-14(2,3)13-18-11(22-6-5-15(16,17)9-22)10-12(19-13)23(21-20-10)7-8-24-4/h5-9H2,1-4H3. The summed E-state index contributed by atoms with van der Waals surface area (Å²) in [5.41, 5.74) is 0.690. The zero-order valence-electron chi connectivity index (χ0n) is 14.4. The van der Waals surface area contributed by atoms with Crippen molar-refractivity contribution in [2.24, 2.45) is 0 Å². The van der Waals surface area contributed by atoms with Crippen LogP contribution in [0.2, 0.25) is 0 Å². The average Bonchev–Trinajstić information content (AvgIpc) is 3.06. The Morgan fingerprint density at radius 1 is 1.25 bits per heavy atom. The lowest BCUT2D eigenvalue weighted by molar-refractivity contribution is 0.0257. The third kappa shape index (κ3) is 3.17. The van der Waals surface area contributed by atoms with Crippen LogP contribution < -0.4 is 4.90 Å². The smallest absolute Gasteiger partial charge is 0.266 e. The first kappa shape index (κ1) is 16.9. The van der Waals surface area contributed by atoms with E-state index in [0.29, 0.717) is 36.0 Å². The molecule has 0 aromatic carbocycles. The molecule has 132 valence electrons. The largest absolute Gasteiger partial charge is 0.383 e. The lowest BCUT2D eigenvalue weighted by atomic mass is 9.96. The summed E-state index contributed by atoms with van der Waals surface area (Å²) in [4.78, 5) is 10.7. The first-order valence-electron chi connectivity index (χ1n) is 7.95. The quantitative estimate of drug-likeness (QED) is 0.848. The molecule has 0 aliphatic carbocycles. The van der Waals surface area contributed by atoms with Gasteiger partial charge in [-0.25, -0.2) is 23.4 Å². The molecule has 0 N–H and O–H groups in total. The monoisotopic (exact) mass is 340 g/mol. The van der Waals surface area contributed by atoms with Crippen LogP contribution in [0.5, 0.6) is 0 Å². The van der Waals surface area contributed by atoms with E-state index >= 15 is 0 Å². The van der Waals surface area contributed by atoms with E-state index in [1.165, 1.54) is 0 Å². The maximum atomic E-state index is 13.6. The third-order valence-electron chi connectivity index (χ3n) is 3.99. The van der Waals surface area contributed by atoms with E-state index in [0.717, 1.165) is 0 Å². The van der Waals surface area contributed by atoms with Gasteiger partial charge in [-0.05, 0) is 0 Å². The van der Waals surface area contributed by atoms with Crippen LogP contribution in [-0.2, 0) is 16.7 Å². The number of fused-ring (bicyclic) bond motifs is 1. The number of anilines is 1. The van der Waals surface area contributed by atoms with Gasteiger partial charge in [0.25, 0.3) is 5.92 Å². The van der Waals surface area contributed by atoms with E-state index in [4.69, 9.17) is 4.74 Å². The maximum Gasteiger partial charge on any atom is 0.266 e. The van der Waals surface area contributed by atoms with E-state index in [-0.39, 0.29) is 24.9 Å². The van der Waals surface area contributed by atoms with Crippen molar-refractivity contribution in [2.45, 2.75) is 45.1 Å². The molecule has 1 aliphatic rings. The van der Waals surface area contributed by atoms with Crippen LogP contribution in [0.25, 0.3) is 11.2 Å². The van der Waals surface area contributed by atoms with Gasteiger partial charge in [0.1, 0.15) is 5.82 Å². The Labute approximate surface area is 139 Å². The predicted octanol–water partition coefficient (Wildman–Crippen LogP) is 2.01. The Kier molecular flexibility index (Phi) is 4.15. The summed E-state index contributed by atoms with van der Waals surface area (Å²) in [6.45, 7) is 6.80. The van der Waals surface area contributed by atoms with Crippen molar-refractivity contribution < 1.29 is 13.5 Å². The molecule has 0 amide bonds. The van der Waals surface area contributed by atoms with Gasteiger partial charge >= 0.3 is 0 Å². The molecule has 0 saturated carbocycles. The fourth-order valence-electron chi connectivity index (χ4n) is 2.64. The van der Waals surface area contributed by atoms with Crippen LogP contribution >= 0.6 is 0 Å². The molecule has 24 heavy (non-hydrogen) atoms. The zero-order valence-corrected chi connectivity index (χ0v) is 14.4. The number of methoxy groups -OCH3 is 1. The summed E-state index contributed by atoms with van der Waals surface area (Å²) in [5, 5.41) is 8.23. The van der Waals surface area contributed by atoms with Crippen LogP contribution in [0, 0.1) is 0 Å². The van der Waals surface area contributed by atoms with Crippen molar-refractivity contribution in [3.05, 3.63) is 5.82 Å². The Morgan fingerprint density at radius 2 is 2.00 bits per heavy atom. The number of nitrogens with zero attached hydrogens (tertiary/aromatic N) is 6. The van der Waals surface area contributed by atoms with Crippen molar-refractivity contribution in [3.63, 3.8) is 0 Å². The highest BCUT2D eigenvalue weighted by Crippen LogP contribution is 2.34. The van der Waals surface area contributed by atoms with Crippen LogP contribution in [-0.4, -0.2) is 57.7 Å². The van der Waals surface area contributed by atoms with Crippen molar-refractivity contribution in [1.82, 2.24) is 25.0 Å². The van der Waals surface area contributed by atoms with Gasteiger partial charge in [-0.3, -0.25) is 0 Å². The van der Waals surface area contributed by atoms with E-state index in [1.807, 2.05) is 20.8 Å². The van der Waals surface area contributed by atoms with E-state index < -0.39 is 5.92 Å². The second kappa shape index (κ2) is 5.87. The molecule has 0 bridgehead atoms. The first-order chi connectivity index (χ1) is 11.2. The number of hydrogen-bond acceptors (Lipinski definition) is 6. The van der Waals surface area contributed by atoms with Crippen LogP contribution in [0.3, 0.4) is 0 Å². The third-order valence-corrected chi connectivity index (χ3v) is 3.99. The van der Waals surface area contributed by atoms with Gasteiger partial charge in [0, 0.05) is 25.5 Å². The van der Waals surface area contributed by atoms with E-state index in [9.17, 15) is 8.78 Å². The molecule has 0 unspecified atom stereocenters. The molecular formula is C15H22F2N6O. The number of rotatable bonds is 4. The molecule has 0 atom stereocenters. The van der Waals surface area contributed by atoms with Gasteiger partial charge in [-0.15, -0.1) is 5.10 Å². The second-order valence-electron chi connectivity index (χ2n) is 7.13. The minimum Gasteiger partial charge on any atom is -0.383 e. The number of hydrogen-bond donors (Lipinski definition) is 0. The van der Waals surface area contributed by atoms with Gasteiger partial charge in [0.2, 0.25) is 0 Å². The average molecular weight is 340 g/mol. The van der Waals surface area contributed by atoms with Crippen LogP contribution in [0.4, 0.5) is 14.6 Å². The Bertz CT molecular complexity index is 739. The highest BCUT2D eigenvalue weighted by molar-refractivity contribution is 5.83. The molecule has 0 radical (unpaired) electrons. The van der Waals surface area contributed by atoms with E-state index in [1.54, 1.807) is 16.7 Å². The van der Waals surface area contributed by atoms with Crippen LogP contribution in [0.15, 0.2) is 0 Å². The number of ether oxygens (including phenoxy) is 1. The molecule has 2 aromatic heterocycles. The van der Waals surface area contributed by atoms with Crippen molar-refractivity contribution in [3.8, 4) is 0 Å². The summed E-state index contributed by atoms with van der Waals surface area (Å²) in [5.74, 6) is -1.68. The molecule has 9 heteroatoms. The van der Waals surface area contributed by atoms with Crippen LogP contribution in [0.1, 0.15) is 33.0 Å². The van der Waals surface area contributed by atoms with Crippen molar-refractivity contribution in [1.29, 1.82) is 0 Å². The molecule has 0 spiro atoms. The Balaban J connectivity index is 2.11. The first-order valence-corrected chi connectivity index (χ1v) is 7.95. The maximum absolute atomic E-state index is 13.6. The van der Waals surface area contributed by atoms with Gasteiger partial charge < -0.3 is 9.64 Å². The van der Waals surface area contributed by atoms with Gasteiger partial charge in [-0.2, -0.15) is 0 Å². The topological polar surface area (TPSA) is 69.0 Å². The van der Waals surface area contributed by atoms with Crippen molar-refractivity contribution in [2.75, 3.05) is 31.7 Å². The molecule has 1 fully saturated rings. The lowest BCUT2D eigenvalue weighted by Crippen LogP contribution is -2.27. The fraction of sp³-hybridized carbons (Fsp3) is 0.733. The molecule has 1 aliphatic heterocycles. The molecule has 1 saturated heterocycles. The van der Waals surface area contributed by atoms with Gasteiger partial charge in [-0.1, -0.05) is 26.0 Å². The van der Waals surface area contributed by atoms with E-state index in [2.05, 4.69) is 20.3 Å². The molecule has 3 rings (SSSR count).